The molecule has 0 saturated carbocycles. The third-order valence-electron chi connectivity index (χ3n) is 13.3. The van der Waals surface area contributed by atoms with Gasteiger partial charge in [0.1, 0.15) is 11.5 Å². The lowest BCUT2D eigenvalue weighted by Crippen LogP contribution is -2.32. The Morgan fingerprint density at radius 1 is 0.317 bits per heavy atom. The third-order valence-corrected chi connectivity index (χ3v) is 13.3. The lowest BCUT2D eigenvalue weighted by atomic mass is 9.65. The van der Waals surface area contributed by atoms with E-state index in [9.17, 15) is 0 Å². The minimum Gasteiger partial charge on any atom is -0.457 e. The van der Waals surface area contributed by atoms with Gasteiger partial charge >= 0.3 is 0 Å². The molecule has 12 rings (SSSR count). The van der Waals surface area contributed by atoms with Gasteiger partial charge in [-0.1, -0.05) is 172 Å². The molecule has 1 atom stereocenters. The van der Waals surface area contributed by atoms with Crippen LogP contribution in [0.5, 0.6) is 11.5 Å². The van der Waals surface area contributed by atoms with Crippen molar-refractivity contribution < 1.29 is 4.74 Å². The van der Waals surface area contributed by atoms with Gasteiger partial charge < -0.3 is 9.64 Å². The van der Waals surface area contributed by atoms with Crippen molar-refractivity contribution >= 4 is 17.1 Å². The van der Waals surface area contributed by atoms with Gasteiger partial charge in [0.05, 0.1) is 5.41 Å². The largest absolute Gasteiger partial charge is 0.457 e. The molecule has 3 aliphatic rings. The van der Waals surface area contributed by atoms with E-state index in [1.54, 1.807) is 0 Å². The molecular weight excluding hydrogens is 727 g/mol. The van der Waals surface area contributed by atoms with Crippen molar-refractivity contribution in [3.63, 3.8) is 0 Å². The average molecular weight is 768 g/mol. The molecule has 1 aliphatic heterocycles. The van der Waals surface area contributed by atoms with E-state index in [-0.39, 0.29) is 5.41 Å². The Balaban J connectivity index is 1.08. The zero-order valence-electron chi connectivity index (χ0n) is 33.6. The first kappa shape index (κ1) is 34.6. The van der Waals surface area contributed by atoms with Crippen LogP contribution in [0, 0.1) is 0 Å². The summed E-state index contributed by atoms with van der Waals surface area (Å²) in [6.07, 6.45) is 0. The van der Waals surface area contributed by atoms with Crippen molar-refractivity contribution in [3.8, 4) is 56.0 Å². The van der Waals surface area contributed by atoms with Crippen LogP contribution < -0.4 is 9.64 Å². The van der Waals surface area contributed by atoms with E-state index in [0.29, 0.717) is 0 Å². The molecule has 9 aromatic carbocycles. The van der Waals surface area contributed by atoms with Crippen LogP contribution in [0.25, 0.3) is 44.5 Å². The first-order valence-corrected chi connectivity index (χ1v) is 20.9. The van der Waals surface area contributed by atoms with Crippen molar-refractivity contribution in [2.24, 2.45) is 0 Å². The summed E-state index contributed by atoms with van der Waals surface area (Å²) in [4.78, 5) is 2.45. The second-order valence-electron chi connectivity index (χ2n) is 16.8. The van der Waals surface area contributed by atoms with Crippen LogP contribution in [0.2, 0.25) is 0 Å². The lowest BCUT2D eigenvalue weighted by Gasteiger charge is -2.39. The molecule has 2 heteroatoms. The molecule has 1 heterocycles. The van der Waals surface area contributed by atoms with Gasteiger partial charge in [-0.2, -0.15) is 0 Å². The fraction of sp³-hybridized carbons (Fsp3) is 0.0690. The van der Waals surface area contributed by atoms with Crippen molar-refractivity contribution in [3.05, 3.63) is 246 Å². The number of nitrogens with zero attached hydrogens (tertiary/aromatic N) is 1. The highest BCUT2D eigenvalue weighted by Gasteiger charge is 2.51. The van der Waals surface area contributed by atoms with Gasteiger partial charge in [0, 0.05) is 33.6 Å². The van der Waals surface area contributed by atoms with Gasteiger partial charge in [-0.05, 0) is 121 Å². The Kier molecular flexibility index (Phi) is 7.52. The number of rotatable bonds is 5. The van der Waals surface area contributed by atoms with Crippen LogP contribution in [0.1, 0.15) is 47.2 Å². The number of hydrogen-bond donors (Lipinski definition) is 0. The van der Waals surface area contributed by atoms with Crippen LogP contribution in [0.15, 0.2) is 212 Å². The first-order valence-electron chi connectivity index (χ1n) is 20.9. The molecule has 0 fully saturated rings. The van der Waals surface area contributed by atoms with E-state index in [1.165, 1.54) is 66.8 Å². The standard InChI is InChI=1S/C58H41NO/c1-57(2)49-21-11-9-19-45(49)47-32-30-44(37-53(47)57)59(42-28-25-40(26-29-42)38-15-5-3-6-16-38)43-31-33-51-48(36-43)46-20-10-12-22-50(46)58(51)52-23-13-14-24-55(52)60-56-34-27-41(35-54(56)58)39-17-7-4-8-18-39/h3-37H,1-2H3. The molecule has 0 saturated heterocycles. The zero-order valence-corrected chi connectivity index (χ0v) is 33.6. The van der Waals surface area contributed by atoms with Gasteiger partial charge in [-0.25, -0.2) is 0 Å². The smallest absolute Gasteiger partial charge is 0.132 e. The van der Waals surface area contributed by atoms with Crippen LogP contribution in [-0.4, -0.2) is 0 Å². The topological polar surface area (TPSA) is 12.5 Å². The van der Waals surface area contributed by atoms with Crippen LogP contribution in [0.4, 0.5) is 17.1 Å². The SMILES string of the molecule is CC1(C)c2ccccc2-c2ccc(N(c3ccc(-c4ccccc4)cc3)c3ccc4c(c3)-c3ccccc3C43c4ccccc4Oc4ccc(-c5ccccc5)cc43)cc21. The molecule has 0 N–H and O–H groups in total. The predicted molar refractivity (Wildman–Crippen MR) is 247 cm³/mol. The Morgan fingerprint density at radius 2 is 0.817 bits per heavy atom. The summed E-state index contributed by atoms with van der Waals surface area (Å²) in [5.41, 5.74) is 20.1. The number of para-hydroxylation sites is 1. The molecule has 1 unspecified atom stereocenters. The highest BCUT2D eigenvalue weighted by atomic mass is 16.5. The summed E-state index contributed by atoms with van der Waals surface area (Å²) < 4.78 is 6.77. The Bertz CT molecular complexity index is 3150. The highest BCUT2D eigenvalue weighted by Crippen LogP contribution is 2.63. The van der Waals surface area contributed by atoms with Gasteiger partial charge in [0.15, 0.2) is 0 Å². The summed E-state index contributed by atoms with van der Waals surface area (Å²) in [6.45, 7) is 4.72. The third kappa shape index (κ3) is 4.94. The highest BCUT2D eigenvalue weighted by molar-refractivity contribution is 5.93. The van der Waals surface area contributed by atoms with Crippen molar-refractivity contribution in [2.75, 3.05) is 4.90 Å². The van der Waals surface area contributed by atoms with Crippen molar-refractivity contribution in [2.45, 2.75) is 24.7 Å². The molecule has 2 nitrogen and oxygen atoms in total. The molecule has 1 spiro atoms. The fourth-order valence-corrected chi connectivity index (χ4v) is 10.6. The summed E-state index contributed by atoms with van der Waals surface area (Å²) in [6, 6.07) is 77.8. The summed E-state index contributed by atoms with van der Waals surface area (Å²) in [5.74, 6) is 1.79. The predicted octanol–water partition coefficient (Wildman–Crippen LogP) is 15.3. The zero-order chi connectivity index (χ0) is 40.0. The molecule has 0 radical (unpaired) electrons. The Morgan fingerprint density at radius 3 is 1.57 bits per heavy atom. The maximum atomic E-state index is 6.77. The molecular formula is C58H41NO. The lowest BCUT2D eigenvalue weighted by molar-refractivity contribution is 0.436. The molecule has 9 aromatic rings. The van der Waals surface area contributed by atoms with E-state index in [0.717, 1.165) is 39.7 Å². The normalized spacial score (nSPS) is 15.8. The average Bonchev–Trinajstić information content (AvgIpc) is 3.72. The molecule has 0 bridgehead atoms. The quantitative estimate of drug-likeness (QED) is 0.173. The number of ether oxygens (including phenoxy) is 1. The Labute approximate surface area is 351 Å². The second kappa shape index (κ2) is 13.0. The van der Waals surface area contributed by atoms with E-state index in [4.69, 9.17) is 4.74 Å². The van der Waals surface area contributed by atoms with Crippen LogP contribution in [-0.2, 0) is 10.8 Å². The van der Waals surface area contributed by atoms with Gasteiger partial charge in [0.25, 0.3) is 0 Å². The molecule has 284 valence electrons. The maximum Gasteiger partial charge on any atom is 0.132 e. The molecule has 0 aromatic heterocycles. The van der Waals surface area contributed by atoms with Crippen molar-refractivity contribution in [1.82, 2.24) is 0 Å². The first-order chi connectivity index (χ1) is 29.5. The monoisotopic (exact) mass is 767 g/mol. The van der Waals surface area contributed by atoms with Gasteiger partial charge in [-0.15, -0.1) is 0 Å². The van der Waals surface area contributed by atoms with Crippen LogP contribution in [0.3, 0.4) is 0 Å². The molecule has 60 heavy (non-hydrogen) atoms. The van der Waals surface area contributed by atoms with Gasteiger partial charge in [-0.3, -0.25) is 0 Å². The summed E-state index contributed by atoms with van der Waals surface area (Å²) >= 11 is 0. The van der Waals surface area contributed by atoms with E-state index >= 15 is 0 Å². The fourth-order valence-electron chi connectivity index (χ4n) is 10.6. The number of hydrogen-bond acceptors (Lipinski definition) is 2. The summed E-state index contributed by atoms with van der Waals surface area (Å²) in [7, 11) is 0. The Hall–Kier alpha value is -7.42. The minimum atomic E-state index is -0.578. The van der Waals surface area contributed by atoms with E-state index in [2.05, 4.69) is 231 Å². The van der Waals surface area contributed by atoms with Gasteiger partial charge in [0.2, 0.25) is 0 Å². The number of benzene rings is 9. The maximum absolute atomic E-state index is 6.77. The summed E-state index contributed by atoms with van der Waals surface area (Å²) in [5, 5.41) is 0. The number of anilines is 3. The van der Waals surface area contributed by atoms with E-state index in [1.807, 2.05) is 0 Å². The minimum absolute atomic E-state index is 0.129. The second-order valence-corrected chi connectivity index (χ2v) is 16.8. The van der Waals surface area contributed by atoms with Crippen molar-refractivity contribution in [1.29, 1.82) is 0 Å². The van der Waals surface area contributed by atoms with Crippen LogP contribution >= 0.6 is 0 Å². The molecule has 2 aliphatic carbocycles. The molecule has 0 amide bonds. The van der Waals surface area contributed by atoms with E-state index < -0.39 is 5.41 Å². The number of fused-ring (bicyclic) bond motifs is 12.